The molecule has 0 N–H and O–H groups in total. The van der Waals surface area contributed by atoms with E-state index in [1.54, 1.807) is 0 Å². The van der Waals surface area contributed by atoms with Gasteiger partial charge in [0.1, 0.15) is 0 Å². The Kier molecular flexibility index (Phi) is 10.1. The van der Waals surface area contributed by atoms with E-state index in [0.717, 1.165) is 10.9 Å². The standard InChI is InChI=1S/C21H18BrN.C16H16.C6H4BrI/c1-21(2)15-9-3-6-12-18(15)23(19-13-7-4-10-16(19)21)20-14-8-5-11-17(20)22;1-16(2)14-9-5-3-7-12(14)11-13-8-4-6-10-15(13)16;7-5-3-1-2-4-6(5)8/h3-14H,1-2H3;3-10H,11H2,1-2H3;1-4H. The van der Waals surface area contributed by atoms with E-state index in [0.29, 0.717) is 0 Å². The predicted molar refractivity (Wildman–Crippen MR) is 216 cm³/mol. The Bertz CT molecular complexity index is 1910. The highest BCUT2D eigenvalue weighted by Gasteiger charge is 2.36. The van der Waals surface area contributed by atoms with Gasteiger partial charge in [0.25, 0.3) is 0 Å². The summed E-state index contributed by atoms with van der Waals surface area (Å²) in [4.78, 5) is 2.36. The molecule has 0 aromatic heterocycles. The summed E-state index contributed by atoms with van der Waals surface area (Å²) < 4.78 is 3.52. The van der Waals surface area contributed by atoms with Crippen LogP contribution in [-0.2, 0) is 17.3 Å². The first-order valence-electron chi connectivity index (χ1n) is 15.9. The lowest BCUT2D eigenvalue weighted by atomic mass is 9.69. The third-order valence-electron chi connectivity index (χ3n) is 9.32. The van der Waals surface area contributed by atoms with Crippen molar-refractivity contribution in [2.45, 2.75) is 44.9 Å². The monoisotopic (exact) mass is 853 g/mol. The van der Waals surface area contributed by atoms with Crippen LogP contribution in [0, 0.1) is 3.57 Å². The second-order valence-corrected chi connectivity index (χ2v) is 15.8. The van der Waals surface area contributed by atoms with Crippen LogP contribution in [0.4, 0.5) is 17.1 Å². The highest BCUT2D eigenvalue weighted by atomic mass is 127. The summed E-state index contributed by atoms with van der Waals surface area (Å²) in [7, 11) is 0. The fourth-order valence-corrected chi connectivity index (χ4v) is 8.05. The Morgan fingerprint density at radius 2 is 0.809 bits per heavy atom. The second-order valence-electron chi connectivity index (χ2n) is 13.0. The lowest BCUT2D eigenvalue weighted by Gasteiger charge is -2.42. The molecule has 0 bridgehead atoms. The SMILES string of the molecule is Brc1ccccc1I.CC1(C)c2ccccc2Cc2ccccc21.CC1(C)c2ccccc2N(c2ccccc2Br)c2ccccc21. The van der Waals surface area contributed by atoms with Crippen LogP contribution < -0.4 is 4.90 Å². The molecule has 0 unspecified atom stereocenters. The van der Waals surface area contributed by atoms with E-state index < -0.39 is 0 Å². The number of hydrogen-bond donors (Lipinski definition) is 0. The van der Waals surface area contributed by atoms with Crippen molar-refractivity contribution in [2.75, 3.05) is 4.90 Å². The molecule has 1 heterocycles. The molecule has 47 heavy (non-hydrogen) atoms. The van der Waals surface area contributed by atoms with Crippen LogP contribution in [0.15, 0.2) is 155 Å². The van der Waals surface area contributed by atoms with E-state index in [9.17, 15) is 0 Å². The number of hydrogen-bond acceptors (Lipinski definition) is 1. The van der Waals surface area contributed by atoms with E-state index in [4.69, 9.17) is 0 Å². The van der Waals surface area contributed by atoms with Crippen LogP contribution >= 0.6 is 54.5 Å². The molecule has 1 aliphatic heterocycles. The van der Waals surface area contributed by atoms with Gasteiger partial charge < -0.3 is 4.90 Å². The van der Waals surface area contributed by atoms with E-state index >= 15 is 0 Å². The van der Waals surface area contributed by atoms with Crippen LogP contribution in [0.1, 0.15) is 61.1 Å². The first-order chi connectivity index (χ1) is 22.6. The second kappa shape index (κ2) is 14.1. The van der Waals surface area contributed by atoms with Crippen molar-refractivity contribution in [1.29, 1.82) is 0 Å². The lowest BCUT2D eigenvalue weighted by molar-refractivity contribution is 0.610. The Balaban J connectivity index is 0.000000139. The first kappa shape index (κ1) is 33.7. The minimum Gasteiger partial charge on any atom is -0.309 e. The third-order valence-corrected chi connectivity index (χ3v) is 12.4. The van der Waals surface area contributed by atoms with Gasteiger partial charge in [-0.1, -0.05) is 137 Å². The summed E-state index contributed by atoms with van der Waals surface area (Å²) in [6.07, 6.45) is 1.08. The molecule has 8 rings (SSSR count). The number of halogens is 3. The number of anilines is 3. The van der Waals surface area contributed by atoms with E-state index in [1.165, 1.54) is 58.5 Å². The minimum absolute atomic E-state index is 0.00898. The molecule has 0 saturated heterocycles. The fraction of sp³-hybridized carbons (Fsp3) is 0.163. The van der Waals surface area contributed by atoms with E-state index in [2.05, 4.69) is 214 Å². The molecule has 2 aliphatic rings. The zero-order valence-corrected chi connectivity index (χ0v) is 32.5. The Morgan fingerprint density at radius 3 is 1.26 bits per heavy atom. The number of benzene rings is 6. The van der Waals surface area contributed by atoms with Gasteiger partial charge in [-0.25, -0.2) is 0 Å². The highest BCUT2D eigenvalue weighted by Crippen LogP contribution is 2.52. The summed E-state index contributed by atoms with van der Waals surface area (Å²) in [5.41, 5.74) is 12.4. The maximum Gasteiger partial charge on any atom is 0.0603 e. The smallest absolute Gasteiger partial charge is 0.0603 e. The van der Waals surface area contributed by atoms with Crippen molar-refractivity contribution in [3.63, 3.8) is 0 Å². The number of rotatable bonds is 1. The molecule has 0 atom stereocenters. The van der Waals surface area contributed by atoms with Crippen molar-refractivity contribution in [3.8, 4) is 0 Å². The zero-order valence-electron chi connectivity index (χ0n) is 27.1. The number of nitrogens with zero attached hydrogens (tertiary/aromatic N) is 1. The van der Waals surface area contributed by atoms with Gasteiger partial charge in [0.2, 0.25) is 0 Å². The molecular weight excluding hydrogens is 817 g/mol. The molecule has 6 aromatic rings. The molecule has 0 fully saturated rings. The first-order valence-corrected chi connectivity index (χ1v) is 18.6. The summed E-state index contributed by atoms with van der Waals surface area (Å²) in [5.74, 6) is 0. The molecule has 0 spiro atoms. The summed E-state index contributed by atoms with van der Waals surface area (Å²) in [5, 5.41) is 0. The zero-order chi connectivity index (χ0) is 33.2. The van der Waals surface area contributed by atoms with Crippen LogP contribution in [0.5, 0.6) is 0 Å². The normalized spacial score (nSPS) is 14.5. The molecular formula is C43H38Br2IN. The van der Waals surface area contributed by atoms with Crippen molar-refractivity contribution in [2.24, 2.45) is 0 Å². The average Bonchev–Trinajstić information content (AvgIpc) is 3.08. The van der Waals surface area contributed by atoms with Crippen LogP contribution in [-0.4, -0.2) is 0 Å². The summed E-state index contributed by atoms with van der Waals surface area (Å²) in [6.45, 7) is 9.26. The molecule has 0 saturated carbocycles. The molecule has 6 aromatic carbocycles. The van der Waals surface area contributed by atoms with Gasteiger partial charge in [0.05, 0.1) is 17.1 Å². The van der Waals surface area contributed by atoms with Gasteiger partial charge in [-0.2, -0.15) is 0 Å². The number of fused-ring (bicyclic) bond motifs is 4. The molecule has 236 valence electrons. The number of para-hydroxylation sites is 3. The van der Waals surface area contributed by atoms with Crippen molar-refractivity contribution >= 4 is 71.5 Å². The van der Waals surface area contributed by atoms with Crippen LogP contribution in [0.25, 0.3) is 0 Å². The Hall–Kier alpha value is -3.19. The summed E-state index contributed by atoms with van der Waals surface area (Å²) >= 11 is 9.39. The van der Waals surface area contributed by atoms with Crippen molar-refractivity contribution in [1.82, 2.24) is 0 Å². The average molecular weight is 855 g/mol. The Morgan fingerprint density at radius 1 is 0.447 bits per heavy atom. The molecule has 1 nitrogen and oxygen atoms in total. The van der Waals surface area contributed by atoms with Crippen LogP contribution in [0.3, 0.4) is 0 Å². The molecule has 4 heteroatoms. The fourth-order valence-electron chi connectivity index (χ4n) is 6.92. The maximum atomic E-state index is 3.72. The molecule has 0 amide bonds. The van der Waals surface area contributed by atoms with Crippen molar-refractivity contribution < 1.29 is 0 Å². The van der Waals surface area contributed by atoms with Gasteiger partial charge >= 0.3 is 0 Å². The maximum absolute atomic E-state index is 3.72. The minimum atomic E-state index is -0.00898. The van der Waals surface area contributed by atoms with E-state index in [1.807, 2.05) is 18.2 Å². The Labute approximate surface area is 310 Å². The van der Waals surface area contributed by atoms with Crippen molar-refractivity contribution in [3.05, 3.63) is 191 Å². The van der Waals surface area contributed by atoms with Gasteiger partial charge in [0, 0.05) is 23.3 Å². The van der Waals surface area contributed by atoms with E-state index in [-0.39, 0.29) is 10.8 Å². The van der Waals surface area contributed by atoms with Gasteiger partial charge in [-0.3, -0.25) is 0 Å². The van der Waals surface area contributed by atoms with Gasteiger partial charge in [-0.15, -0.1) is 0 Å². The van der Waals surface area contributed by atoms with Crippen LogP contribution in [0.2, 0.25) is 0 Å². The predicted octanol–water partition coefficient (Wildman–Crippen LogP) is 13.5. The largest absolute Gasteiger partial charge is 0.309 e. The molecule has 1 aliphatic carbocycles. The highest BCUT2D eigenvalue weighted by molar-refractivity contribution is 14.1. The topological polar surface area (TPSA) is 3.24 Å². The van der Waals surface area contributed by atoms with Gasteiger partial charge in [-0.05, 0) is 131 Å². The quantitative estimate of drug-likeness (QED) is 0.149. The molecule has 0 radical (unpaired) electrons. The van der Waals surface area contributed by atoms with Gasteiger partial charge in [0.15, 0.2) is 0 Å². The summed E-state index contributed by atoms with van der Waals surface area (Å²) in [6, 6.07) is 51.6. The third kappa shape index (κ3) is 6.75. The lowest BCUT2D eigenvalue weighted by Crippen LogP contribution is -2.30.